The highest BCUT2D eigenvalue weighted by atomic mass is 19.4. The predicted octanol–water partition coefficient (Wildman–Crippen LogP) is 5.48. The number of hydrogen-bond donors (Lipinski definition) is 0. The van der Waals surface area contributed by atoms with Crippen LogP contribution in [-0.2, 0) is 6.18 Å². The molecule has 1 aromatic carbocycles. The first-order chi connectivity index (χ1) is 16.6. The van der Waals surface area contributed by atoms with Gasteiger partial charge in [0.1, 0.15) is 5.82 Å². The van der Waals surface area contributed by atoms with Crippen molar-refractivity contribution < 1.29 is 18.0 Å². The van der Waals surface area contributed by atoms with Gasteiger partial charge in [-0.25, -0.2) is 0 Å². The highest BCUT2D eigenvalue weighted by molar-refractivity contribution is 5.96. The molecule has 0 saturated carbocycles. The molecular weight excluding hydrogens is 455 g/mol. The van der Waals surface area contributed by atoms with E-state index in [1.165, 1.54) is 10.5 Å². The molecule has 1 amide bonds. The summed E-state index contributed by atoms with van der Waals surface area (Å²) < 4.78 is 43.3. The number of rotatable bonds is 3. The Hall–Kier alpha value is -3.62. The molecule has 6 nitrogen and oxygen atoms in total. The van der Waals surface area contributed by atoms with Crippen molar-refractivity contribution in [3.8, 4) is 5.69 Å². The van der Waals surface area contributed by atoms with Crippen molar-refractivity contribution >= 4 is 11.6 Å². The summed E-state index contributed by atoms with van der Waals surface area (Å²) >= 11 is 0. The average molecular weight is 482 g/mol. The second-order valence-electron chi connectivity index (χ2n) is 9.25. The van der Waals surface area contributed by atoms with Gasteiger partial charge < -0.3 is 9.47 Å². The maximum atomic E-state index is 13.6. The maximum Gasteiger partial charge on any atom is 0.417 e. The van der Waals surface area contributed by atoms with E-state index >= 15 is 0 Å². The van der Waals surface area contributed by atoms with Crippen LogP contribution in [0.4, 0.5) is 13.2 Å². The van der Waals surface area contributed by atoms with Crippen LogP contribution < -0.4 is 0 Å². The molecular formula is C26H26F3N5O. The highest BCUT2D eigenvalue weighted by Crippen LogP contribution is 2.32. The molecule has 0 bridgehead atoms. The van der Waals surface area contributed by atoms with Gasteiger partial charge in [-0.1, -0.05) is 12.1 Å². The van der Waals surface area contributed by atoms with Gasteiger partial charge in [-0.2, -0.15) is 13.2 Å². The molecule has 1 atom stereocenters. The minimum Gasteiger partial charge on any atom is -0.338 e. The van der Waals surface area contributed by atoms with Crippen LogP contribution in [0.25, 0.3) is 11.3 Å². The third-order valence-electron chi connectivity index (χ3n) is 6.75. The van der Waals surface area contributed by atoms with Crippen molar-refractivity contribution in [2.45, 2.75) is 45.7 Å². The first-order valence-electron chi connectivity index (χ1n) is 11.6. The number of pyridine rings is 1. The summed E-state index contributed by atoms with van der Waals surface area (Å²) in [6.07, 6.45) is -1.95. The SMILES string of the molecule is Cc1cccc(-n2c(C)cc(C(=O)N3CCCC(c4nnc5ccc(C(F)(F)F)cn45)C3)c2C)c1. The number of piperidine rings is 1. The summed E-state index contributed by atoms with van der Waals surface area (Å²) in [6.45, 7) is 6.92. The monoisotopic (exact) mass is 481 g/mol. The Morgan fingerprint density at radius 1 is 1.06 bits per heavy atom. The predicted molar refractivity (Wildman–Crippen MR) is 126 cm³/mol. The van der Waals surface area contributed by atoms with E-state index in [0.29, 0.717) is 30.1 Å². The quantitative estimate of drug-likeness (QED) is 0.389. The second kappa shape index (κ2) is 8.55. The zero-order valence-electron chi connectivity index (χ0n) is 19.8. The minimum absolute atomic E-state index is 0.0773. The Bertz CT molecular complexity index is 1420. The van der Waals surface area contributed by atoms with Crippen LogP contribution in [0.2, 0.25) is 0 Å². The summed E-state index contributed by atoms with van der Waals surface area (Å²) in [5, 5.41) is 8.25. The number of halogens is 3. The zero-order valence-corrected chi connectivity index (χ0v) is 19.8. The van der Waals surface area contributed by atoms with Gasteiger partial charge in [-0.3, -0.25) is 9.20 Å². The highest BCUT2D eigenvalue weighted by Gasteiger charge is 2.33. The Morgan fingerprint density at radius 2 is 1.86 bits per heavy atom. The Labute approximate surface area is 201 Å². The molecule has 1 saturated heterocycles. The molecule has 0 spiro atoms. The van der Waals surface area contributed by atoms with Crippen molar-refractivity contribution in [2.24, 2.45) is 0 Å². The maximum absolute atomic E-state index is 13.6. The lowest BCUT2D eigenvalue weighted by Crippen LogP contribution is -2.39. The third-order valence-corrected chi connectivity index (χ3v) is 6.75. The molecule has 35 heavy (non-hydrogen) atoms. The fourth-order valence-corrected chi connectivity index (χ4v) is 5.04. The van der Waals surface area contributed by atoms with Gasteiger partial charge in [0.25, 0.3) is 5.91 Å². The molecule has 0 radical (unpaired) electrons. The van der Waals surface area contributed by atoms with E-state index in [9.17, 15) is 18.0 Å². The van der Waals surface area contributed by atoms with Crippen molar-refractivity contribution in [1.29, 1.82) is 0 Å². The molecule has 182 valence electrons. The van der Waals surface area contributed by atoms with E-state index in [0.717, 1.165) is 47.7 Å². The van der Waals surface area contributed by atoms with E-state index in [2.05, 4.69) is 20.8 Å². The molecule has 4 heterocycles. The Morgan fingerprint density at radius 3 is 2.60 bits per heavy atom. The van der Waals surface area contributed by atoms with Crippen molar-refractivity contribution in [2.75, 3.05) is 13.1 Å². The number of fused-ring (bicyclic) bond motifs is 1. The van der Waals surface area contributed by atoms with Gasteiger partial charge >= 0.3 is 6.18 Å². The molecule has 4 aromatic rings. The number of aromatic nitrogens is 4. The smallest absolute Gasteiger partial charge is 0.338 e. The van der Waals surface area contributed by atoms with Gasteiger partial charge in [0.2, 0.25) is 0 Å². The number of likely N-dealkylation sites (tertiary alicyclic amines) is 1. The fourth-order valence-electron chi connectivity index (χ4n) is 5.04. The first-order valence-corrected chi connectivity index (χ1v) is 11.6. The van der Waals surface area contributed by atoms with Gasteiger partial charge in [-0.05, 0) is 69.5 Å². The fraction of sp³-hybridized carbons (Fsp3) is 0.346. The Balaban J connectivity index is 1.43. The van der Waals surface area contributed by atoms with Crippen LogP contribution in [0.5, 0.6) is 0 Å². The summed E-state index contributed by atoms with van der Waals surface area (Å²) in [5.41, 5.74) is 4.21. The lowest BCUT2D eigenvalue weighted by molar-refractivity contribution is -0.137. The van der Waals surface area contributed by atoms with Gasteiger partial charge in [0.05, 0.1) is 11.1 Å². The summed E-state index contributed by atoms with van der Waals surface area (Å²) in [5.74, 6) is 0.173. The van der Waals surface area contributed by atoms with Gasteiger partial charge in [-0.15, -0.1) is 10.2 Å². The average Bonchev–Trinajstić information content (AvgIpc) is 3.38. The number of hydrogen-bond acceptors (Lipinski definition) is 3. The van der Waals surface area contributed by atoms with Gasteiger partial charge in [0.15, 0.2) is 5.65 Å². The first kappa shape index (κ1) is 23.1. The van der Waals surface area contributed by atoms with E-state index < -0.39 is 11.7 Å². The second-order valence-corrected chi connectivity index (χ2v) is 9.25. The summed E-state index contributed by atoms with van der Waals surface area (Å²) in [7, 11) is 0. The van der Waals surface area contributed by atoms with Crippen molar-refractivity contribution in [3.63, 3.8) is 0 Å². The number of alkyl halides is 3. The lowest BCUT2D eigenvalue weighted by Gasteiger charge is -2.32. The number of nitrogens with zero attached hydrogens (tertiary/aromatic N) is 5. The zero-order chi connectivity index (χ0) is 24.9. The molecule has 3 aromatic heterocycles. The molecule has 1 aliphatic rings. The van der Waals surface area contributed by atoms with E-state index in [4.69, 9.17) is 0 Å². The normalized spacial score (nSPS) is 16.7. The largest absolute Gasteiger partial charge is 0.417 e. The minimum atomic E-state index is -4.45. The number of aryl methyl sites for hydroxylation is 2. The Kier molecular flexibility index (Phi) is 5.65. The van der Waals surface area contributed by atoms with Crippen LogP contribution in [0.1, 0.15) is 57.5 Å². The number of benzene rings is 1. The van der Waals surface area contributed by atoms with Crippen molar-refractivity contribution in [3.05, 3.63) is 82.6 Å². The summed E-state index contributed by atoms with van der Waals surface area (Å²) in [6, 6.07) is 12.4. The molecule has 9 heteroatoms. The van der Waals surface area contributed by atoms with E-state index in [-0.39, 0.29) is 11.8 Å². The van der Waals surface area contributed by atoms with Crippen LogP contribution in [0.3, 0.4) is 0 Å². The standard InChI is InChI=1S/C26H26F3N5O/c1-16-6-4-8-21(12-16)34-17(2)13-22(18(34)3)25(35)32-11-5-7-19(14-32)24-31-30-23-10-9-20(15-33(23)24)26(27,28)29/h4,6,8-10,12-13,15,19H,5,7,11,14H2,1-3H3. The molecule has 1 fully saturated rings. The third kappa shape index (κ3) is 4.19. The van der Waals surface area contributed by atoms with Crippen LogP contribution in [0.15, 0.2) is 48.7 Å². The number of carbonyl (C=O) groups is 1. The van der Waals surface area contributed by atoms with Crippen LogP contribution >= 0.6 is 0 Å². The van der Waals surface area contributed by atoms with E-state index in [1.807, 2.05) is 45.0 Å². The van der Waals surface area contributed by atoms with Crippen LogP contribution in [-0.4, -0.2) is 43.1 Å². The topological polar surface area (TPSA) is 55.4 Å². The van der Waals surface area contributed by atoms with Crippen molar-refractivity contribution in [1.82, 2.24) is 24.1 Å². The lowest BCUT2D eigenvalue weighted by atomic mass is 9.96. The molecule has 5 rings (SSSR count). The molecule has 1 unspecified atom stereocenters. The summed E-state index contributed by atoms with van der Waals surface area (Å²) in [4.78, 5) is 15.4. The number of carbonyl (C=O) groups excluding carboxylic acids is 1. The molecule has 1 aliphatic heterocycles. The number of amides is 1. The van der Waals surface area contributed by atoms with E-state index in [1.54, 1.807) is 4.90 Å². The molecule has 0 N–H and O–H groups in total. The van der Waals surface area contributed by atoms with Gasteiger partial charge in [0, 0.05) is 42.3 Å². The van der Waals surface area contributed by atoms with Crippen LogP contribution in [0, 0.1) is 20.8 Å². The molecule has 0 aliphatic carbocycles.